The molecule has 2 aliphatic rings. The highest BCUT2D eigenvalue weighted by atomic mass is 16.2. The Bertz CT molecular complexity index is 347. The molecule has 2 fully saturated rings. The molecule has 1 aliphatic heterocycles. The third-order valence-electron chi connectivity index (χ3n) is 4.81. The number of rotatable bonds is 2. The van der Waals surface area contributed by atoms with E-state index in [1.54, 1.807) is 0 Å². The molecule has 1 atom stereocenters. The summed E-state index contributed by atoms with van der Waals surface area (Å²) in [4.78, 5) is 16.8. The summed E-state index contributed by atoms with van der Waals surface area (Å²) >= 11 is 0. The Balaban J connectivity index is 1.83. The van der Waals surface area contributed by atoms with E-state index >= 15 is 0 Å². The zero-order chi connectivity index (χ0) is 14.4. The van der Waals surface area contributed by atoms with Gasteiger partial charge in [-0.15, -0.1) is 0 Å². The van der Waals surface area contributed by atoms with E-state index in [4.69, 9.17) is 5.26 Å². The van der Waals surface area contributed by atoms with Gasteiger partial charge in [-0.1, -0.05) is 32.1 Å². The lowest BCUT2D eigenvalue weighted by Gasteiger charge is -2.37. The Kier molecular flexibility index (Phi) is 5.85. The summed E-state index contributed by atoms with van der Waals surface area (Å²) in [6.07, 6.45) is 8.49. The lowest BCUT2D eigenvalue weighted by Crippen LogP contribution is -2.52. The second-order valence-corrected chi connectivity index (χ2v) is 6.21. The van der Waals surface area contributed by atoms with E-state index in [9.17, 15) is 4.79 Å². The van der Waals surface area contributed by atoms with Gasteiger partial charge in [-0.05, 0) is 19.8 Å². The van der Waals surface area contributed by atoms with E-state index < -0.39 is 0 Å². The maximum atomic E-state index is 12.6. The van der Waals surface area contributed by atoms with Crippen molar-refractivity contribution in [2.24, 2.45) is 5.92 Å². The maximum absolute atomic E-state index is 12.6. The Morgan fingerprint density at radius 3 is 2.15 bits per heavy atom. The van der Waals surface area contributed by atoms with Gasteiger partial charge in [0.15, 0.2) is 0 Å². The van der Waals surface area contributed by atoms with Gasteiger partial charge in [0, 0.05) is 32.1 Å². The summed E-state index contributed by atoms with van der Waals surface area (Å²) in [5.41, 5.74) is 0. The molecule has 1 aliphatic carbocycles. The largest absolute Gasteiger partial charge is 0.340 e. The molecule has 2 rings (SSSR count). The Labute approximate surface area is 122 Å². The number of amides is 1. The van der Waals surface area contributed by atoms with Crippen LogP contribution in [0.2, 0.25) is 0 Å². The molecule has 1 saturated heterocycles. The molecule has 0 aromatic carbocycles. The van der Waals surface area contributed by atoms with Crippen molar-refractivity contribution in [3.05, 3.63) is 0 Å². The first-order valence-corrected chi connectivity index (χ1v) is 8.15. The summed E-state index contributed by atoms with van der Waals surface area (Å²) < 4.78 is 0. The van der Waals surface area contributed by atoms with E-state index in [1.807, 2.05) is 11.8 Å². The summed E-state index contributed by atoms with van der Waals surface area (Å²) in [6, 6.07) is 2.25. The summed E-state index contributed by atoms with van der Waals surface area (Å²) in [6.45, 7) is 5.20. The lowest BCUT2D eigenvalue weighted by atomic mass is 9.90. The second-order valence-electron chi connectivity index (χ2n) is 6.21. The number of nitriles is 1. The third-order valence-corrected chi connectivity index (χ3v) is 4.81. The van der Waals surface area contributed by atoms with Crippen LogP contribution >= 0.6 is 0 Å². The zero-order valence-corrected chi connectivity index (χ0v) is 12.7. The smallest absolute Gasteiger partial charge is 0.225 e. The maximum Gasteiger partial charge on any atom is 0.225 e. The Morgan fingerprint density at radius 1 is 1.05 bits per heavy atom. The molecule has 4 nitrogen and oxygen atoms in total. The van der Waals surface area contributed by atoms with Crippen LogP contribution in [0, 0.1) is 17.2 Å². The topological polar surface area (TPSA) is 47.3 Å². The van der Waals surface area contributed by atoms with Gasteiger partial charge in [0.25, 0.3) is 0 Å². The molecule has 0 spiro atoms. The molecule has 112 valence electrons. The van der Waals surface area contributed by atoms with E-state index in [0.717, 1.165) is 39.0 Å². The van der Waals surface area contributed by atoms with Gasteiger partial charge in [-0.3, -0.25) is 9.69 Å². The standard InChI is InChI=1S/C16H27N3O/c1-14(13-17)18-9-11-19(12-10-18)16(20)15-7-5-3-2-4-6-8-15/h14-15H,2-12H2,1H3. The molecular formula is C16H27N3O. The highest BCUT2D eigenvalue weighted by Crippen LogP contribution is 2.24. The van der Waals surface area contributed by atoms with Crippen LogP contribution in [0.4, 0.5) is 0 Å². The van der Waals surface area contributed by atoms with Crippen LogP contribution < -0.4 is 0 Å². The highest BCUT2D eigenvalue weighted by Gasteiger charge is 2.28. The molecule has 1 amide bonds. The first-order valence-electron chi connectivity index (χ1n) is 8.15. The summed E-state index contributed by atoms with van der Waals surface area (Å²) in [5, 5.41) is 8.95. The van der Waals surface area contributed by atoms with E-state index in [1.165, 1.54) is 32.1 Å². The molecule has 1 saturated carbocycles. The zero-order valence-electron chi connectivity index (χ0n) is 12.7. The third kappa shape index (κ3) is 3.96. The molecule has 0 aromatic heterocycles. The summed E-state index contributed by atoms with van der Waals surface area (Å²) in [7, 11) is 0. The van der Waals surface area contributed by atoms with Crippen LogP contribution in [-0.4, -0.2) is 47.9 Å². The minimum absolute atomic E-state index is 0.0337. The fraction of sp³-hybridized carbons (Fsp3) is 0.875. The van der Waals surface area contributed by atoms with Crippen LogP contribution in [0.5, 0.6) is 0 Å². The van der Waals surface area contributed by atoms with Gasteiger partial charge in [-0.25, -0.2) is 0 Å². The van der Waals surface area contributed by atoms with Crippen LogP contribution in [0.15, 0.2) is 0 Å². The van der Waals surface area contributed by atoms with Crippen molar-refractivity contribution in [2.45, 2.75) is 57.9 Å². The van der Waals surface area contributed by atoms with Crippen molar-refractivity contribution in [1.29, 1.82) is 5.26 Å². The van der Waals surface area contributed by atoms with Crippen molar-refractivity contribution < 1.29 is 4.79 Å². The SMILES string of the molecule is CC(C#N)N1CCN(C(=O)C2CCCCCCC2)CC1. The van der Waals surface area contributed by atoms with Gasteiger partial charge in [-0.2, -0.15) is 5.26 Å². The monoisotopic (exact) mass is 277 g/mol. The average molecular weight is 277 g/mol. The molecule has 1 unspecified atom stereocenters. The van der Waals surface area contributed by atoms with Crippen LogP contribution in [0.3, 0.4) is 0 Å². The number of nitrogens with zero attached hydrogens (tertiary/aromatic N) is 3. The first kappa shape index (κ1) is 15.3. The molecule has 0 aromatic rings. The molecular weight excluding hydrogens is 250 g/mol. The fourth-order valence-corrected chi connectivity index (χ4v) is 3.37. The number of piperazine rings is 1. The van der Waals surface area contributed by atoms with Gasteiger partial charge >= 0.3 is 0 Å². The number of carbonyl (C=O) groups excluding carboxylic acids is 1. The number of hydrogen-bond acceptors (Lipinski definition) is 3. The number of carbonyl (C=O) groups is 1. The van der Waals surface area contributed by atoms with Crippen molar-refractivity contribution in [3.8, 4) is 6.07 Å². The van der Waals surface area contributed by atoms with Crippen molar-refractivity contribution in [2.75, 3.05) is 26.2 Å². The van der Waals surface area contributed by atoms with Gasteiger partial charge in [0.1, 0.15) is 0 Å². The van der Waals surface area contributed by atoms with E-state index in [2.05, 4.69) is 11.0 Å². The molecule has 1 heterocycles. The normalized spacial score (nSPS) is 24.5. The molecule has 0 bridgehead atoms. The molecule has 4 heteroatoms. The lowest BCUT2D eigenvalue weighted by molar-refractivity contribution is -0.138. The molecule has 20 heavy (non-hydrogen) atoms. The Morgan fingerprint density at radius 2 is 1.60 bits per heavy atom. The van der Waals surface area contributed by atoms with Crippen LogP contribution in [0.1, 0.15) is 51.9 Å². The van der Waals surface area contributed by atoms with E-state index in [-0.39, 0.29) is 12.0 Å². The minimum Gasteiger partial charge on any atom is -0.340 e. The molecule has 0 N–H and O–H groups in total. The van der Waals surface area contributed by atoms with Crippen molar-refractivity contribution in [3.63, 3.8) is 0 Å². The van der Waals surface area contributed by atoms with Gasteiger partial charge in [0.2, 0.25) is 5.91 Å². The minimum atomic E-state index is -0.0337. The average Bonchev–Trinajstić information content (AvgIpc) is 2.46. The van der Waals surface area contributed by atoms with Crippen molar-refractivity contribution >= 4 is 5.91 Å². The summed E-state index contributed by atoms with van der Waals surface area (Å²) in [5.74, 6) is 0.631. The predicted octanol–water partition coefficient (Wildman–Crippen LogP) is 2.40. The second kappa shape index (κ2) is 7.64. The van der Waals surface area contributed by atoms with Crippen LogP contribution in [-0.2, 0) is 4.79 Å². The highest BCUT2D eigenvalue weighted by molar-refractivity contribution is 5.79. The number of hydrogen-bond donors (Lipinski definition) is 0. The Hall–Kier alpha value is -1.08. The van der Waals surface area contributed by atoms with Crippen molar-refractivity contribution in [1.82, 2.24) is 9.80 Å². The first-order chi connectivity index (χ1) is 9.72. The van der Waals surface area contributed by atoms with Gasteiger partial charge in [0.05, 0.1) is 12.1 Å². The predicted molar refractivity (Wildman–Crippen MR) is 79.0 cm³/mol. The van der Waals surface area contributed by atoms with E-state index in [0.29, 0.717) is 5.91 Å². The molecule has 0 radical (unpaired) electrons. The quantitative estimate of drug-likeness (QED) is 0.778. The van der Waals surface area contributed by atoms with Gasteiger partial charge < -0.3 is 4.90 Å². The fourth-order valence-electron chi connectivity index (χ4n) is 3.37. The van der Waals surface area contributed by atoms with Crippen LogP contribution in [0.25, 0.3) is 0 Å².